The number of carbonyl (C=O) groups excluding carboxylic acids is 1. The Morgan fingerprint density at radius 3 is 2.52 bits per heavy atom. The van der Waals surface area contributed by atoms with Crippen LogP contribution in [0.4, 0.5) is 8.78 Å². The molecule has 0 spiro atoms. The molecule has 0 heterocycles. The van der Waals surface area contributed by atoms with Gasteiger partial charge in [0.1, 0.15) is 6.29 Å². The lowest BCUT2D eigenvalue weighted by Gasteiger charge is -2.16. The van der Waals surface area contributed by atoms with Gasteiger partial charge in [0, 0.05) is 23.6 Å². The van der Waals surface area contributed by atoms with Crippen LogP contribution in [-0.4, -0.2) is 12.0 Å². The molecular formula is C20H19F2NO2. The summed E-state index contributed by atoms with van der Waals surface area (Å²) in [4.78, 5) is 16.3. The van der Waals surface area contributed by atoms with E-state index in [0.29, 0.717) is 16.8 Å². The number of rotatable bonds is 6. The van der Waals surface area contributed by atoms with Crippen LogP contribution in [0.15, 0.2) is 59.8 Å². The van der Waals surface area contributed by atoms with Gasteiger partial charge in [0.15, 0.2) is 5.76 Å². The Morgan fingerprint density at radius 2 is 1.88 bits per heavy atom. The van der Waals surface area contributed by atoms with Crippen LogP contribution < -0.4 is 0 Å². The van der Waals surface area contributed by atoms with Crippen molar-refractivity contribution in [1.29, 1.82) is 0 Å². The van der Waals surface area contributed by atoms with Gasteiger partial charge >= 0.3 is 0 Å². The lowest BCUT2D eigenvalue weighted by Crippen LogP contribution is -2.10. The van der Waals surface area contributed by atoms with E-state index in [1.165, 1.54) is 6.07 Å². The van der Waals surface area contributed by atoms with Gasteiger partial charge in [-0.15, -0.1) is 0 Å². The topological polar surface area (TPSA) is 38.7 Å². The summed E-state index contributed by atoms with van der Waals surface area (Å²) < 4.78 is 27.6. The third-order valence-electron chi connectivity index (χ3n) is 3.65. The van der Waals surface area contributed by atoms with E-state index in [4.69, 9.17) is 4.84 Å². The highest BCUT2D eigenvalue weighted by molar-refractivity contribution is 5.99. The molecule has 2 aromatic carbocycles. The lowest BCUT2D eigenvalue weighted by atomic mass is 10.0. The van der Waals surface area contributed by atoms with E-state index < -0.39 is 5.92 Å². The molecule has 0 radical (unpaired) electrons. The highest BCUT2D eigenvalue weighted by atomic mass is 19.3. The number of halogens is 2. The molecule has 0 amide bonds. The van der Waals surface area contributed by atoms with Crippen LogP contribution in [0.1, 0.15) is 47.8 Å². The molecule has 0 bridgehead atoms. The van der Waals surface area contributed by atoms with Gasteiger partial charge in [-0.25, -0.2) is 8.78 Å². The zero-order chi connectivity index (χ0) is 18.4. The maximum Gasteiger partial charge on any atom is 0.271 e. The van der Waals surface area contributed by atoms with Crippen LogP contribution in [0, 0.1) is 0 Å². The molecule has 0 aliphatic heterocycles. The Kier molecular flexibility index (Phi) is 5.80. The first-order chi connectivity index (χ1) is 11.9. The van der Waals surface area contributed by atoms with E-state index in [9.17, 15) is 13.6 Å². The maximum atomic E-state index is 13.8. The fraction of sp³-hybridized carbons (Fsp3) is 0.200. The van der Waals surface area contributed by atoms with Gasteiger partial charge < -0.3 is 4.84 Å². The van der Waals surface area contributed by atoms with Gasteiger partial charge in [-0.2, -0.15) is 0 Å². The van der Waals surface area contributed by atoms with Crippen molar-refractivity contribution in [2.75, 3.05) is 0 Å². The van der Waals surface area contributed by atoms with E-state index >= 15 is 0 Å². The van der Waals surface area contributed by atoms with Gasteiger partial charge in [-0.05, 0) is 31.6 Å². The highest BCUT2D eigenvalue weighted by Gasteiger charge is 2.28. The van der Waals surface area contributed by atoms with Crippen molar-refractivity contribution in [3.8, 4) is 0 Å². The standard InChI is InChI=1S/C20H19F2NO2/c1-4-19(17-10-5-6-11-18(17)20(3,21)22)25-23-14(2)16-9-7-8-15(12-16)13-24/h4-13H,1-3H3/b19-4?,23-14+. The molecular weight excluding hydrogens is 324 g/mol. The van der Waals surface area contributed by atoms with Crippen molar-refractivity contribution >= 4 is 17.8 Å². The molecule has 0 aliphatic rings. The zero-order valence-corrected chi connectivity index (χ0v) is 14.3. The minimum atomic E-state index is -2.99. The molecule has 25 heavy (non-hydrogen) atoms. The molecule has 0 N–H and O–H groups in total. The smallest absolute Gasteiger partial charge is 0.271 e. The SMILES string of the molecule is CC=C(O/N=C(\C)c1cccc(C=O)c1)c1ccccc1C(C)(F)F. The summed E-state index contributed by atoms with van der Waals surface area (Å²) in [7, 11) is 0. The minimum Gasteiger partial charge on any atom is -0.356 e. The first kappa shape index (κ1) is 18.5. The fourth-order valence-corrected chi connectivity index (χ4v) is 2.35. The van der Waals surface area contributed by atoms with Gasteiger partial charge in [-0.3, -0.25) is 4.79 Å². The summed E-state index contributed by atoms with van der Waals surface area (Å²) in [6, 6.07) is 13.1. The van der Waals surface area contributed by atoms with Crippen LogP contribution in [0.25, 0.3) is 5.76 Å². The maximum absolute atomic E-state index is 13.8. The highest BCUT2D eigenvalue weighted by Crippen LogP contribution is 2.33. The summed E-state index contributed by atoms with van der Waals surface area (Å²) in [5.74, 6) is -2.76. The second-order valence-corrected chi connectivity index (χ2v) is 5.60. The van der Waals surface area contributed by atoms with Crippen molar-refractivity contribution in [2.45, 2.75) is 26.7 Å². The molecule has 0 atom stereocenters. The first-order valence-corrected chi connectivity index (χ1v) is 7.78. The molecule has 0 aromatic heterocycles. The first-order valence-electron chi connectivity index (χ1n) is 7.78. The van der Waals surface area contributed by atoms with E-state index in [2.05, 4.69) is 5.16 Å². The molecule has 2 aromatic rings. The van der Waals surface area contributed by atoms with Gasteiger partial charge in [0.2, 0.25) is 0 Å². The molecule has 0 saturated heterocycles. The predicted molar refractivity (Wildman–Crippen MR) is 94.8 cm³/mol. The normalized spacial score (nSPS) is 12.8. The van der Waals surface area contributed by atoms with E-state index in [1.54, 1.807) is 62.4 Å². The molecule has 2 rings (SSSR count). The van der Waals surface area contributed by atoms with Crippen molar-refractivity contribution in [3.05, 3.63) is 76.9 Å². The van der Waals surface area contributed by atoms with Gasteiger partial charge in [0.05, 0.1) is 5.71 Å². The second-order valence-electron chi connectivity index (χ2n) is 5.60. The van der Waals surface area contributed by atoms with E-state index in [-0.39, 0.29) is 16.9 Å². The zero-order valence-electron chi connectivity index (χ0n) is 14.3. The van der Waals surface area contributed by atoms with Crippen molar-refractivity contribution in [3.63, 3.8) is 0 Å². The molecule has 0 saturated carbocycles. The Bertz CT molecular complexity index is 820. The number of nitrogens with zero attached hydrogens (tertiary/aromatic N) is 1. The van der Waals surface area contributed by atoms with Crippen molar-refractivity contribution < 1.29 is 18.4 Å². The van der Waals surface area contributed by atoms with Gasteiger partial charge in [0.25, 0.3) is 5.92 Å². The summed E-state index contributed by atoms with van der Waals surface area (Å²) >= 11 is 0. The largest absolute Gasteiger partial charge is 0.356 e. The third kappa shape index (κ3) is 4.59. The molecule has 130 valence electrons. The number of benzene rings is 2. The number of hydrogen-bond donors (Lipinski definition) is 0. The number of allylic oxidation sites excluding steroid dienone is 1. The Hall–Kier alpha value is -2.82. The number of alkyl halides is 2. The van der Waals surface area contributed by atoms with Crippen LogP contribution in [0.2, 0.25) is 0 Å². The Morgan fingerprint density at radius 1 is 1.16 bits per heavy atom. The molecule has 5 heteroatoms. The average molecular weight is 343 g/mol. The van der Waals surface area contributed by atoms with Gasteiger partial charge in [-0.1, -0.05) is 47.6 Å². The Labute approximate surface area is 145 Å². The molecule has 0 fully saturated rings. The molecule has 0 unspecified atom stereocenters. The van der Waals surface area contributed by atoms with E-state index in [1.807, 2.05) is 0 Å². The van der Waals surface area contributed by atoms with E-state index in [0.717, 1.165) is 13.2 Å². The number of hydrogen-bond acceptors (Lipinski definition) is 3. The summed E-state index contributed by atoms with van der Waals surface area (Å²) in [5, 5.41) is 4.03. The lowest BCUT2D eigenvalue weighted by molar-refractivity contribution is 0.0168. The van der Waals surface area contributed by atoms with Crippen molar-refractivity contribution in [1.82, 2.24) is 0 Å². The third-order valence-corrected chi connectivity index (χ3v) is 3.65. The fourth-order valence-electron chi connectivity index (χ4n) is 2.35. The summed E-state index contributed by atoms with van der Waals surface area (Å²) in [5.41, 5.74) is 1.93. The summed E-state index contributed by atoms with van der Waals surface area (Å²) in [6.07, 6.45) is 2.33. The predicted octanol–water partition coefficient (Wildman–Crippen LogP) is 5.41. The minimum absolute atomic E-state index is 0.126. The Balaban J connectivity index is 2.31. The second kappa shape index (κ2) is 7.83. The molecule has 0 aliphatic carbocycles. The van der Waals surface area contributed by atoms with Crippen LogP contribution >= 0.6 is 0 Å². The number of aldehydes is 1. The number of carbonyl (C=O) groups is 1. The monoisotopic (exact) mass is 343 g/mol. The van der Waals surface area contributed by atoms with Crippen molar-refractivity contribution in [2.24, 2.45) is 5.16 Å². The van der Waals surface area contributed by atoms with Crippen LogP contribution in [0.5, 0.6) is 0 Å². The molecule has 3 nitrogen and oxygen atoms in total. The number of oxime groups is 1. The van der Waals surface area contributed by atoms with Crippen LogP contribution in [-0.2, 0) is 10.8 Å². The summed E-state index contributed by atoms with van der Waals surface area (Å²) in [6.45, 7) is 4.26. The average Bonchev–Trinajstić information content (AvgIpc) is 2.61. The van der Waals surface area contributed by atoms with Crippen LogP contribution in [0.3, 0.4) is 0 Å². The quantitative estimate of drug-likeness (QED) is 0.304.